The molecule has 3 N–H and O–H groups in total. The van der Waals surface area contributed by atoms with E-state index >= 15 is 0 Å². The van der Waals surface area contributed by atoms with Gasteiger partial charge in [0.05, 0.1) is 26.4 Å². The van der Waals surface area contributed by atoms with Crippen molar-refractivity contribution in [3.63, 3.8) is 0 Å². The molecule has 0 saturated heterocycles. The summed E-state index contributed by atoms with van der Waals surface area (Å²) < 4.78 is 68.2. The first kappa shape index (κ1) is 85.1. The van der Waals surface area contributed by atoms with Crippen molar-refractivity contribution in [3.05, 3.63) is 0 Å². The standard InChI is InChI=1S/C68H132O17P2/c1-9-60(7)46-38-30-21-15-11-12-16-24-34-42-50-67(72)84-63(54-78-65(70)48-40-32-23-17-13-14-20-28-36-44-58(3)4)56-82-86(74,75)80-52-62(69)53-81-87(76,77)83-57-64(55-79-66(71)49-41-33-27-26-29-37-45-59(5)6)85-68(73)51-43-35-25-19-18-22-31-39-47-61(8)10-2/h58-64,69H,9-57H2,1-8H3,(H,74,75)(H,76,77)/t60?,61?,62-,63-,64-/m1/s1. The van der Waals surface area contributed by atoms with Gasteiger partial charge >= 0.3 is 39.5 Å². The van der Waals surface area contributed by atoms with Gasteiger partial charge in [-0.1, -0.05) is 280 Å². The van der Waals surface area contributed by atoms with Gasteiger partial charge in [-0.3, -0.25) is 37.3 Å². The minimum atomic E-state index is -4.95. The first-order chi connectivity index (χ1) is 41.7. The number of aliphatic hydroxyl groups excluding tert-OH is 1. The molecule has 0 radical (unpaired) electrons. The van der Waals surface area contributed by atoms with E-state index in [2.05, 4.69) is 55.4 Å². The molecule has 0 spiro atoms. The number of hydrogen-bond acceptors (Lipinski definition) is 15. The van der Waals surface area contributed by atoms with Crippen LogP contribution in [0, 0.1) is 23.7 Å². The van der Waals surface area contributed by atoms with E-state index < -0.39 is 97.5 Å². The topological polar surface area (TPSA) is 237 Å². The summed E-state index contributed by atoms with van der Waals surface area (Å²) in [5.41, 5.74) is 0. The number of carbonyl (C=O) groups is 4. The normalized spacial score (nSPS) is 15.0. The summed E-state index contributed by atoms with van der Waals surface area (Å²) in [6.45, 7) is 14.0. The summed E-state index contributed by atoms with van der Waals surface area (Å²) in [5.74, 6) is 0.861. The highest BCUT2D eigenvalue weighted by Crippen LogP contribution is 2.45. The average molecular weight is 1280 g/mol. The van der Waals surface area contributed by atoms with Crippen LogP contribution in [0.25, 0.3) is 0 Å². The highest BCUT2D eigenvalue weighted by atomic mass is 31.2. The Bertz CT molecular complexity index is 1730. The molecule has 0 saturated carbocycles. The zero-order valence-electron chi connectivity index (χ0n) is 56.6. The molecule has 0 aliphatic heterocycles. The summed E-state index contributed by atoms with van der Waals surface area (Å²) in [7, 11) is -9.90. The Labute approximate surface area is 530 Å². The third-order valence-electron chi connectivity index (χ3n) is 16.3. The van der Waals surface area contributed by atoms with E-state index in [0.29, 0.717) is 31.6 Å². The molecule has 0 fully saturated rings. The molecule has 0 rings (SSSR count). The van der Waals surface area contributed by atoms with Crippen LogP contribution in [0.1, 0.15) is 331 Å². The quantitative estimate of drug-likeness (QED) is 0.0222. The number of unbranched alkanes of at least 4 members (excludes halogenated alkanes) is 29. The van der Waals surface area contributed by atoms with Crippen LogP contribution in [-0.2, 0) is 65.4 Å². The Balaban J connectivity index is 5.27. The van der Waals surface area contributed by atoms with Crippen LogP contribution < -0.4 is 0 Å². The van der Waals surface area contributed by atoms with E-state index in [1.54, 1.807) is 0 Å². The molecular formula is C68H132O17P2. The lowest BCUT2D eigenvalue weighted by Gasteiger charge is -2.21. The van der Waals surface area contributed by atoms with Gasteiger partial charge in [0.25, 0.3) is 0 Å². The van der Waals surface area contributed by atoms with E-state index in [-0.39, 0.29) is 25.7 Å². The predicted octanol–water partition coefficient (Wildman–Crippen LogP) is 18.9. The summed E-state index contributed by atoms with van der Waals surface area (Å²) in [4.78, 5) is 72.4. The van der Waals surface area contributed by atoms with Gasteiger partial charge in [-0.15, -0.1) is 0 Å². The fourth-order valence-electron chi connectivity index (χ4n) is 10.1. The molecule has 0 aromatic carbocycles. The van der Waals surface area contributed by atoms with Crippen LogP contribution in [0.5, 0.6) is 0 Å². The molecule has 17 nitrogen and oxygen atoms in total. The molecule has 0 aromatic rings. The minimum absolute atomic E-state index is 0.103. The van der Waals surface area contributed by atoms with Crippen LogP contribution in [0.2, 0.25) is 0 Å². The number of ether oxygens (including phenoxy) is 4. The highest BCUT2D eigenvalue weighted by Gasteiger charge is 2.30. The molecule has 4 unspecified atom stereocenters. The van der Waals surface area contributed by atoms with Crippen molar-refractivity contribution >= 4 is 39.5 Å². The van der Waals surface area contributed by atoms with Crippen molar-refractivity contribution in [2.24, 2.45) is 23.7 Å². The van der Waals surface area contributed by atoms with Crippen LogP contribution >= 0.6 is 15.6 Å². The monoisotopic (exact) mass is 1280 g/mol. The van der Waals surface area contributed by atoms with Gasteiger partial charge in [0.1, 0.15) is 19.3 Å². The second kappa shape index (κ2) is 57.9. The van der Waals surface area contributed by atoms with E-state index in [1.165, 1.54) is 128 Å². The van der Waals surface area contributed by atoms with Gasteiger partial charge in [-0.25, -0.2) is 9.13 Å². The number of hydrogen-bond donors (Lipinski definition) is 3. The van der Waals surface area contributed by atoms with Crippen molar-refractivity contribution in [2.75, 3.05) is 39.6 Å². The van der Waals surface area contributed by atoms with Crippen molar-refractivity contribution in [1.82, 2.24) is 0 Å². The van der Waals surface area contributed by atoms with Crippen LogP contribution in [0.4, 0.5) is 0 Å². The van der Waals surface area contributed by atoms with E-state index in [0.717, 1.165) is 114 Å². The average Bonchev–Trinajstić information content (AvgIpc) is 3.57. The first-order valence-corrected chi connectivity index (χ1v) is 38.3. The Morgan fingerprint density at radius 1 is 0.322 bits per heavy atom. The molecule has 19 heteroatoms. The zero-order chi connectivity index (χ0) is 64.7. The molecule has 0 aromatic heterocycles. The number of phosphoric ester groups is 2. The van der Waals surface area contributed by atoms with Crippen LogP contribution in [0.15, 0.2) is 0 Å². The summed E-state index contributed by atoms with van der Waals surface area (Å²) >= 11 is 0. The molecular weight excluding hydrogens is 1150 g/mol. The maximum Gasteiger partial charge on any atom is 0.472 e. The minimum Gasteiger partial charge on any atom is -0.462 e. The van der Waals surface area contributed by atoms with Gasteiger partial charge in [0.2, 0.25) is 0 Å². The first-order valence-electron chi connectivity index (χ1n) is 35.3. The fourth-order valence-corrected chi connectivity index (χ4v) is 11.7. The summed E-state index contributed by atoms with van der Waals surface area (Å²) in [6.07, 6.45) is 38.9. The van der Waals surface area contributed by atoms with Crippen molar-refractivity contribution in [1.29, 1.82) is 0 Å². The fraction of sp³-hybridized carbons (Fsp3) is 0.941. The lowest BCUT2D eigenvalue weighted by molar-refractivity contribution is -0.161. The number of esters is 4. The SMILES string of the molecule is CCC(C)CCCCCCCCCCCCC(=O)O[C@H](COC(=O)CCCCCCCCCCCC(C)C)COP(=O)(O)OC[C@@H](O)COP(=O)(O)OC[C@@H](COC(=O)CCCCCCCCC(C)C)OC(=O)CCCCCCCCCCC(C)CC. The van der Waals surface area contributed by atoms with Gasteiger partial charge in [-0.2, -0.15) is 0 Å². The van der Waals surface area contributed by atoms with Crippen molar-refractivity contribution in [2.45, 2.75) is 350 Å². The molecule has 0 bridgehead atoms. The third kappa shape index (κ3) is 60.1. The van der Waals surface area contributed by atoms with Gasteiger partial charge in [0.15, 0.2) is 12.2 Å². The zero-order valence-corrected chi connectivity index (χ0v) is 58.4. The molecule has 0 heterocycles. The summed E-state index contributed by atoms with van der Waals surface area (Å²) in [6, 6.07) is 0. The predicted molar refractivity (Wildman–Crippen MR) is 349 cm³/mol. The number of carbonyl (C=O) groups excluding carboxylic acids is 4. The molecule has 0 amide bonds. The number of rotatable bonds is 65. The number of phosphoric acid groups is 2. The molecule has 87 heavy (non-hydrogen) atoms. The van der Waals surface area contributed by atoms with E-state index in [1.807, 2.05) is 0 Å². The Morgan fingerprint density at radius 3 is 0.816 bits per heavy atom. The Hall–Kier alpha value is -1.94. The van der Waals surface area contributed by atoms with Crippen molar-refractivity contribution in [3.8, 4) is 0 Å². The lowest BCUT2D eigenvalue weighted by atomic mass is 9.99. The third-order valence-corrected chi connectivity index (χ3v) is 18.2. The summed E-state index contributed by atoms with van der Waals surface area (Å²) in [5, 5.41) is 10.6. The lowest BCUT2D eigenvalue weighted by Crippen LogP contribution is -2.30. The van der Waals surface area contributed by atoms with E-state index in [4.69, 9.17) is 37.0 Å². The van der Waals surface area contributed by atoms with Gasteiger partial charge in [0, 0.05) is 25.7 Å². The molecule has 0 aliphatic rings. The Kier molecular flexibility index (Phi) is 56.6. The maximum atomic E-state index is 13.0. The smallest absolute Gasteiger partial charge is 0.462 e. The van der Waals surface area contributed by atoms with Crippen LogP contribution in [-0.4, -0.2) is 96.7 Å². The van der Waals surface area contributed by atoms with Crippen molar-refractivity contribution < 1.29 is 80.2 Å². The molecule has 516 valence electrons. The highest BCUT2D eigenvalue weighted by molar-refractivity contribution is 7.47. The molecule has 0 aliphatic carbocycles. The van der Waals surface area contributed by atoms with Gasteiger partial charge < -0.3 is 33.8 Å². The molecule has 7 atom stereocenters. The Morgan fingerprint density at radius 2 is 0.552 bits per heavy atom. The van der Waals surface area contributed by atoms with Gasteiger partial charge in [-0.05, 0) is 49.4 Å². The second-order valence-electron chi connectivity index (χ2n) is 26.0. The maximum absolute atomic E-state index is 13.0. The second-order valence-corrected chi connectivity index (χ2v) is 28.9. The van der Waals surface area contributed by atoms with E-state index in [9.17, 15) is 43.2 Å². The largest absolute Gasteiger partial charge is 0.472 e. The van der Waals surface area contributed by atoms with Crippen LogP contribution in [0.3, 0.4) is 0 Å². The number of aliphatic hydroxyl groups is 1.